The number of methoxy groups -OCH3 is 2. The monoisotopic (exact) mass is 348 g/mol. The molecule has 3 aromatic rings. The second-order valence-electron chi connectivity index (χ2n) is 6.15. The van der Waals surface area contributed by atoms with E-state index in [-0.39, 0.29) is 6.04 Å². The number of fused-ring (bicyclic) bond motifs is 1. The molecule has 0 bridgehead atoms. The van der Waals surface area contributed by atoms with Crippen LogP contribution in [-0.2, 0) is 0 Å². The summed E-state index contributed by atoms with van der Waals surface area (Å²) in [5.74, 6) is 2.24. The first-order valence-electron chi connectivity index (χ1n) is 8.37. The second-order valence-corrected chi connectivity index (χ2v) is 6.15. The summed E-state index contributed by atoms with van der Waals surface area (Å²) in [5.41, 5.74) is 4.26. The number of benzene rings is 2. The summed E-state index contributed by atoms with van der Waals surface area (Å²) in [6.45, 7) is 2.08. The molecular weight excluding hydrogens is 328 g/mol. The zero-order valence-corrected chi connectivity index (χ0v) is 14.9. The van der Waals surface area contributed by atoms with Crippen molar-refractivity contribution in [2.75, 3.05) is 19.5 Å². The van der Waals surface area contributed by atoms with Gasteiger partial charge in [-0.1, -0.05) is 29.8 Å². The summed E-state index contributed by atoms with van der Waals surface area (Å²) in [6, 6.07) is 14.0. The van der Waals surface area contributed by atoms with Gasteiger partial charge in [-0.3, -0.25) is 0 Å². The minimum Gasteiger partial charge on any atom is -0.497 e. The van der Waals surface area contributed by atoms with E-state index in [1.54, 1.807) is 20.5 Å². The number of anilines is 1. The van der Waals surface area contributed by atoms with Gasteiger partial charge < -0.3 is 14.8 Å². The van der Waals surface area contributed by atoms with Crippen molar-refractivity contribution >= 4 is 11.6 Å². The third-order valence-corrected chi connectivity index (χ3v) is 4.53. The molecule has 1 atom stereocenters. The van der Waals surface area contributed by atoms with E-state index in [0.717, 1.165) is 28.3 Å². The number of allylic oxidation sites excluding steroid dienone is 1. The van der Waals surface area contributed by atoms with E-state index in [2.05, 4.69) is 52.7 Å². The molecule has 1 aliphatic rings. The predicted octanol–water partition coefficient (Wildman–Crippen LogP) is 3.66. The van der Waals surface area contributed by atoms with Crippen molar-refractivity contribution in [3.8, 4) is 11.5 Å². The zero-order chi connectivity index (χ0) is 18.1. The van der Waals surface area contributed by atoms with Crippen LogP contribution >= 0.6 is 0 Å². The summed E-state index contributed by atoms with van der Waals surface area (Å²) >= 11 is 0. The molecule has 6 heteroatoms. The van der Waals surface area contributed by atoms with Crippen LogP contribution in [0.5, 0.6) is 11.5 Å². The molecule has 1 unspecified atom stereocenters. The normalized spacial score (nSPS) is 15.7. The largest absolute Gasteiger partial charge is 0.497 e. The number of ether oxygens (including phenoxy) is 2. The molecule has 1 aliphatic heterocycles. The maximum atomic E-state index is 5.58. The lowest BCUT2D eigenvalue weighted by Crippen LogP contribution is -2.20. The van der Waals surface area contributed by atoms with E-state index in [0.29, 0.717) is 5.95 Å². The van der Waals surface area contributed by atoms with Gasteiger partial charge >= 0.3 is 0 Å². The molecular formula is C20H20N4O2. The molecule has 132 valence electrons. The van der Waals surface area contributed by atoms with Crippen molar-refractivity contribution in [1.82, 2.24) is 14.8 Å². The highest BCUT2D eigenvalue weighted by molar-refractivity contribution is 5.77. The van der Waals surface area contributed by atoms with Crippen molar-refractivity contribution in [3.05, 3.63) is 71.6 Å². The number of nitrogens with one attached hydrogen (secondary N) is 1. The van der Waals surface area contributed by atoms with Gasteiger partial charge in [0.1, 0.15) is 23.9 Å². The Hall–Kier alpha value is -3.28. The fourth-order valence-electron chi connectivity index (χ4n) is 3.13. The molecule has 6 nitrogen and oxygen atoms in total. The SMILES string of the molecule is COc1ccc(OC)c(C2C=C(c3ccc(C)cc3)Nc3ncnn32)c1. The lowest BCUT2D eigenvalue weighted by Gasteiger charge is -2.25. The quantitative estimate of drug-likeness (QED) is 0.780. The van der Waals surface area contributed by atoms with E-state index < -0.39 is 0 Å². The standard InChI is InChI=1S/C20H20N4O2/c1-13-4-6-14(7-5-13)17-11-18(24-20(23-17)21-12-22-24)16-10-15(25-2)8-9-19(16)26-3/h4-12,18H,1-3H3,(H,21,22,23). The fraction of sp³-hybridized carbons (Fsp3) is 0.200. The van der Waals surface area contributed by atoms with Crippen LogP contribution in [0.4, 0.5) is 5.95 Å². The molecule has 2 aromatic carbocycles. The summed E-state index contributed by atoms with van der Waals surface area (Å²) in [5, 5.41) is 7.75. The van der Waals surface area contributed by atoms with Crippen molar-refractivity contribution in [1.29, 1.82) is 0 Å². The van der Waals surface area contributed by atoms with E-state index in [1.165, 1.54) is 5.56 Å². The van der Waals surface area contributed by atoms with E-state index in [1.807, 2.05) is 22.9 Å². The molecule has 0 saturated heterocycles. The van der Waals surface area contributed by atoms with Crippen LogP contribution in [0.2, 0.25) is 0 Å². The number of hydrogen-bond acceptors (Lipinski definition) is 5. The first-order chi connectivity index (χ1) is 12.7. The second kappa shape index (κ2) is 6.55. The van der Waals surface area contributed by atoms with Gasteiger partial charge in [-0.2, -0.15) is 10.1 Å². The third-order valence-electron chi connectivity index (χ3n) is 4.53. The number of rotatable bonds is 4. The minimum absolute atomic E-state index is 0.157. The molecule has 0 spiro atoms. The van der Waals surface area contributed by atoms with E-state index in [9.17, 15) is 0 Å². The summed E-state index contributed by atoms with van der Waals surface area (Å²) in [7, 11) is 3.32. The number of aromatic nitrogens is 3. The Morgan fingerprint density at radius 1 is 1.04 bits per heavy atom. The van der Waals surface area contributed by atoms with Crippen molar-refractivity contribution in [3.63, 3.8) is 0 Å². The Morgan fingerprint density at radius 2 is 1.85 bits per heavy atom. The van der Waals surface area contributed by atoms with Gasteiger partial charge in [-0.15, -0.1) is 0 Å². The van der Waals surface area contributed by atoms with E-state index >= 15 is 0 Å². The van der Waals surface area contributed by atoms with Crippen molar-refractivity contribution in [2.45, 2.75) is 13.0 Å². The summed E-state index contributed by atoms with van der Waals surface area (Å²) in [4.78, 5) is 4.35. The van der Waals surface area contributed by atoms with Gasteiger partial charge in [-0.25, -0.2) is 4.68 Å². The Labute approximate surface area is 152 Å². The molecule has 2 heterocycles. The van der Waals surface area contributed by atoms with Crippen LogP contribution < -0.4 is 14.8 Å². The van der Waals surface area contributed by atoms with Crippen molar-refractivity contribution < 1.29 is 9.47 Å². The van der Waals surface area contributed by atoms with Gasteiger partial charge in [0.2, 0.25) is 5.95 Å². The van der Waals surface area contributed by atoms with Crippen LogP contribution in [0.25, 0.3) is 5.70 Å². The molecule has 0 radical (unpaired) electrons. The molecule has 4 rings (SSSR count). The minimum atomic E-state index is -0.157. The first-order valence-corrected chi connectivity index (χ1v) is 8.37. The summed E-state index contributed by atoms with van der Waals surface area (Å²) in [6.07, 6.45) is 3.68. The zero-order valence-electron chi connectivity index (χ0n) is 14.9. The number of hydrogen-bond donors (Lipinski definition) is 1. The molecule has 1 aromatic heterocycles. The topological polar surface area (TPSA) is 61.2 Å². The smallest absolute Gasteiger partial charge is 0.226 e. The number of aryl methyl sites for hydroxylation is 1. The Bertz CT molecular complexity index is 960. The highest BCUT2D eigenvalue weighted by Gasteiger charge is 2.26. The van der Waals surface area contributed by atoms with Crippen LogP contribution in [0.15, 0.2) is 54.9 Å². The van der Waals surface area contributed by atoms with Gasteiger partial charge in [0.05, 0.1) is 14.2 Å². The molecule has 0 saturated carbocycles. The average molecular weight is 348 g/mol. The molecule has 1 N–H and O–H groups in total. The van der Waals surface area contributed by atoms with Crippen LogP contribution in [-0.4, -0.2) is 29.0 Å². The Balaban J connectivity index is 1.85. The molecule has 26 heavy (non-hydrogen) atoms. The van der Waals surface area contributed by atoms with Gasteiger partial charge in [-0.05, 0) is 36.8 Å². The molecule has 0 fully saturated rings. The fourth-order valence-corrected chi connectivity index (χ4v) is 3.13. The van der Waals surface area contributed by atoms with Crippen molar-refractivity contribution in [2.24, 2.45) is 0 Å². The maximum Gasteiger partial charge on any atom is 0.226 e. The van der Waals surface area contributed by atoms with Crippen LogP contribution in [0, 0.1) is 6.92 Å². The van der Waals surface area contributed by atoms with Crippen LogP contribution in [0.1, 0.15) is 22.7 Å². The molecule has 0 amide bonds. The third kappa shape index (κ3) is 2.79. The predicted molar refractivity (Wildman–Crippen MR) is 100 cm³/mol. The molecule has 0 aliphatic carbocycles. The average Bonchev–Trinajstić information content (AvgIpc) is 3.16. The summed E-state index contributed by atoms with van der Waals surface area (Å²) < 4.78 is 12.8. The van der Waals surface area contributed by atoms with Gasteiger partial charge in [0.25, 0.3) is 0 Å². The Kier molecular flexibility index (Phi) is 4.08. The maximum absolute atomic E-state index is 5.58. The first kappa shape index (κ1) is 16.2. The number of nitrogens with zero attached hydrogens (tertiary/aromatic N) is 3. The lowest BCUT2D eigenvalue weighted by molar-refractivity contribution is 0.394. The Morgan fingerprint density at radius 3 is 2.58 bits per heavy atom. The highest BCUT2D eigenvalue weighted by Crippen LogP contribution is 2.37. The highest BCUT2D eigenvalue weighted by atomic mass is 16.5. The van der Waals surface area contributed by atoms with Gasteiger partial charge in [0.15, 0.2) is 0 Å². The van der Waals surface area contributed by atoms with Gasteiger partial charge in [0, 0.05) is 11.3 Å². The van der Waals surface area contributed by atoms with Crippen LogP contribution in [0.3, 0.4) is 0 Å². The van der Waals surface area contributed by atoms with E-state index in [4.69, 9.17) is 9.47 Å². The lowest BCUT2D eigenvalue weighted by atomic mass is 10.00.